The van der Waals surface area contributed by atoms with Crippen molar-refractivity contribution in [3.8, 4) is 11.5 Å². The molecule has 6 atom stereocenters. The van der Waals surface area contributed by atoms with E-state index in [1.54, 1.807) is 31.2 Å². The molecule has 1 aromatic carbocycles. The van der Waals surface area contributed by atoms with E-state index < -0.39 is 92.2 Å². The van der Waals surface area contributed by atoms with E-state index >= 15 is 4.39 Å². The number of methoxy groups -OCH3 is 1. The van der Waals surface area contributed by atoms with Gasteiger partial charge in [-0.1, -0.05) is 25.0 Å². The van der Waals surface area contributed by atoms with E-state index in [0.29, 0.717) is 74.7 Å². The Hall–Kier alpha value is -4.68. The van der Waals surface area contributed by atoms with Crippen LogP contribution in [0, 0.1) is 12.8 Å². The Labute approximate surface area is 339 Å². The number of ether oxygens (including phenoxy) is 3. The summed E-state index contributed by atoms with van der Waals surface area (Å²) in [4.78, 5) is 62.0. The average Bonchev–Trinajstić information content (AvgIpc) is 4.04. The molecule has 1 saturated heterocycles. The monoisotopic (exact) mass is 851 g/mol. The van der Waals surface area contributed by atoms with Gasteiger partial charge in [0.1, 0.15) is 40.9 Å². The van der Waals surface area contributed by atoms with Crippen molar-refractivity contribution in [2.24, 2.45) is 5.92 Å². The molecule has 2 aliphatic carbocycles. The first kappa shape index (κ1) is 42.4. The van der Waals surface area contributed by atoms with E-state index in [2.05, 4.69) is 20.3 Å². The second kappa shape index (κ2) is 14.8. The third kappa shape index (κ3) is 7.90. The Bertz CT molecular complexity index is 2210. The molecule has 2 saturated carbocycles. The second-order valence-electron chi connectivity index (χ2n) is 17.3. The number of allylic oxidation sites excluding steroid dienone is 1. The summed E-state index contributed by atoms with van der Waals surface area (Å²) < 4.78 is 102. The Kier molecular flexibility index (Phi) is 10.6. The molecule has 59 heavy (non-hydrogen) atoms. The quantitative estimate of drug-likeness (QED) is 0.248. The van der Waals surface area contributed by atoms with Gasteiger partial charge in [0.05, 0.1) is 29.6 Å². The van der Waals surface area contributed by atoms with E-state index in [-0.39, 0.29) is 37.0 Å². The molecule has 0 unspecified atom stereocenters. The molecule has 4 amide bonds. The molecule has 4 heterocycles. The number of nitrogens with zero attached hydrogens (tertiary/aromatic N) is 2. The van der Waals surface area contributed by atoms with Gasteiger partial charge in [-0.25, -0.2) is 22.6 Å². The molecule has 322 valence electrons. The first-order valence-corrected chi connectivity index (χ1v) is 21.3. The standard InChI is InChI=1S/C40H49F4N5O9S/c1-22-31-30(25-17-24(56-5)13-14-27(25)45-22)26(41)19-38(57-31)20-29-32(50)47-39(34(52)48-59(54,55)37(4)15-16-37)18-23(39)11-9-7-6-8-10-12-28(33(51)49(29)21-38)46-35(53)58-36(2,3)40(42,43)44/h9,11,13-14,17,23,26,28-29H,6-8,10,12,15-16,18-21H2,1-5H3,(H,46,53)(H,47,50)(H,48,52)/b11-9-/t23-,26-,28+,29+,38-,39-/m1/s1. The molecular formula is C40H49F4N5O9S. The predicted octanol–water partition coefficient (Wildman–Crippen LogP) is 5.51. The number of amides is 4. The van der Waals surface area contributed by atoms with Gasteiger partial charge in [0.25, 0.3) is 5.91 Å². The third-order valence-corrected chi connectivity index (χ3v) is 14.6. The number of alkyl carbamates (subject to hydrolysis) is 1. The predicted molar refractivity (Wildman–Crippen MR) is 204 cm³/mol. The molecule has 19 heteroatoms. The first-order chi connectivity index (χ1) is 27.5. The second-order valence-corrected chi connectivity index (χ2v) is 19.5. The maximum Gasteiger partial charge on any atom is 0.427 e. The molecule has 3 aliphatic heterocycles. The number of nitrogens with one attached hydrogen (secondary N) is 3. The van der Waals surface area contributed by atoms with Crippen molar-refractivity contribution in [3.63, 3.8) is 0 Å². The van der Waals surface area contributed by atoms with Crippen LogP contribution in [0.2, 0.25) is 0 Å². The highest BCUT2D eigenvalue weighted by atomic mass is 32.2. The number of hydrogen-bond donors (Lipinski definition) is 3. The van der Waals surface area contributed by atoms with Crippen molar-refractivity contribution in [2.75, 3.05) is 13.7 Å². The highest BCUT2D eigenvalue weighted by Gasteiger charge is 2.64. The number of alkyl halides is 4. The lowest BCUT2D eigenvalue weighted by atomic mass is 9.86. The zero-order chi connectivity index (χ0) is 42.9. The summed E-state index contributed by atoms with van der Waals surface area (Å²) in [7, 11) is -2.65. The van der Waals surface area contributed by atoms with Crippen molar-refractivity contribution in [3.05, 3.63) is 41.6 Å². The van der Waals surface area contributed by atoms with Crippen LogP contribution in [0.4, 0.5) is 22.4 Å². The van der Waals surface area contributed by atoms with Crippen LogP contribution in [0.1, 0.15) is 102 Å². The Morgan fingerprint density at radius 1 is 1.08 bits per heavy atom. The SMILES string of the molecule is COc1ccc2nc(C)c3c(c2c1)[C@H](F)C[C@]1(C[C@H]2C(=O)N[C@]4(C(=O)NS(=O)(=O)C5(C)CC5)C[C@H]4/C=C\CCCCC[C@H](NC(=O)OC(C)(C)C(F)(F)F)C(=O)N2C1)O3. The van der Waals surface area contributed by atoms with E-state index in [0.717, 1.165) is 4.90 Å². The van der Waals surface area contributed by atoms with E-state index in [4.69, 9.17) is 14.2 Å². The Balaban J connectivity index is 1.25. The summed E-state index contributed by atoms with van der Waals surface area (Å²) >= 11 is 0. The van der Waals surface area contributed by atoms with Crippen molar-refractivity contribution >= 4 is 44.7 Å². The number of carbonyl (C=O) groups is 4. The van der Waals surface area contributed by atoms with Crippen LogP contribution < -0.4 is 24.8 Å². The fraction of sp³-hybridized carbons (Fsp3) is 0.625. The molecule has 1 spiro atoms. The number of aryl methyl sites for hydroxylation is 1. The molecule has 0 radical (unpaired) electrons. The summed E-state index contributed by atoms with van der Waals surface area (Å²) in [6, 6.07) is 2.06. The Morgan fingerprint density at radius 2 is 1.81 bits per heavy atom. The maximum absolute atomic E-state index is 16.8. The number of hydrogen-bond acceptors (Lipinski definition) is 10. The van der Waals surface area contributed by atoms with E-state index in [9.17, 15) is 40.8 Å². The van der Waals surface area contributed by atoms with Crippen molar-refractivity contribution in [1.82, 2.24) is 25.2 Å². The lowest BCUT2D eigenvalue weighted by Crippen LogP contribution is -2.59. The van der Waals surface area contributed by atoms with Gasteiger partial charge in [-0.15, -0.1) is 0 Å². The molecular weight excluding hydrogens is 803 g/mol. The van der Waals surface area contributed by atoms with Crippen LogP contribution in [-0.4, -0.2) is 95.5 Å². The fourth-order valence-corrected chi connectivity index (χ4v) is 9.61. The van der Waals surface area contributed by atoms with Gasteiger partial charge in [-0.05, 0) is 84.4 Å². The van der Waals surface area contributed by atoms with E-state index in [1.165, 1.54) is 14.0 Å². The Morgan fingerprint density at radius 3 is 2.49 bits per heavy atom. The number of rotatable bonds is 6. The largest absolute Gasteiger partial charge is 0.497 e. The van der Waals surface area contributed by atoms with Gasteiger partial charge in [-0.2, -0.15) is 13.2 Å². The summed E-state index contributed by atoms with van der Waals surface area (Å²) in [5, 5.41) is 5.49. The first-order valence-electron chi connectivity index (χ1n) is 19.8. The van der Waals surface area contributed by atoms with E-state index in [1.807, 2.05) is 6.08 Å². The van der Waals surface area contributed by atoms with Crippen LogP contribution >= 0.6 is 0 Å². The van der Waals surface area contributed by atoms with Crippen molar-refractivity contribution < 1.29 is 59.4 Å². The van der Waals surface area contributed by atoms with Gasteiger partial charge in [0.2, 0.25) is 27.4 Å². The number of aromatic nitrogens is 1. The topological polar surface area (TPSA) is 182 Å². The van der Waals surface area contributed by atoms with Crippen molar-refractivity contribution in [2.45, 2.75) is 138 Å². The van der Waals surface area contributed by atoms with Crippen LogP contribution in [0.3, 0.4) is 0 Å². The number of benzene rings is 1. The van der Waals surface area contributed by atoms with Gasteiger partial charge in [0, 0.05) is 29.7 Å². The molecule has 14 nitrogen and oxygen atoms in total. The maximum atomic E-state index is 16.8. The highest BCUT2D eigenvalue weighted by Crippen LogP contribution is 2.52. The third-order valence-electron chi connectivity index (χ3n) is 12.5. The minimum Gasteiger partial charge on any atom is -0.497 e. The van der Waals surface area contributed by atoms with Crippen LogP contribution in [0.25, 0.3) is 10.9 Å². The summed E-state index contributed by atoms with van der Waals surface area (Å²) in [5.41, 5.74) is -5.14. The molecule has 3 fully saturated rings. The van der Waals surface area contributed by atoms with Crippen molar-refractivity contribution in [1.29, 1.82) is 0 Å². The number of fused-ring (bicyclic) bond motifs is 5. The zero-order valence-corrected chi connectivity index (χ0v) is 34.3. The van der Waals surface area contributed by atoms with Crippen LogP contribution in [0.15, 0.2) is 30.4 Å². The highest BCUT2D eigenvalue weighted by molar-refractivity contribution is 7.91. The summed E-state index contributed by atoms with van der Waals surface area (Å²) in [6.07, 6.45) is -2.48. The summed E-state index contributed by atoms with van der Waals surface area (Å²) in [5.74, 6) is -2.70. The molecule has 7 rings (SSSR count). The smallest absolute Gasteiger partial charge is 0.427 e. The number of carbonyl (C=O) groups excluding carboxylic acids is 4. The van der Waals surface area contributed by atoms with Gasteiger partial charge < -0.3 is 29.7 Å². The molecule has 1 aromatic heterocycles. The van der Waals surface area contributed by atoms with Crippen LogP contribution in [0.5, 0.6) is 11.5 Å². The molecule has 5 aliphatic rings. The van der Waals surface area contributed by atoms with Gasteiger partial charge >= 0.3 is 12.3 Å². The fourth-order valence-electron chi connectivity index (χ4n) is 8.30. The number of sulfonamides is 1. The van der Waals surface area contributed by atoms with Gasteiger partial charge in [-0.3, -0.25) is 19.1 Å². The zero-order valence-electron chi connectivity index (χ0n) is 33.5. The minimum atomic E-state index is -4.94. The summed E-state index contributed by atoms with van der Waals surface area (Å²) in [6.45, 7) is 4.09. The minimum absolute atomic E-state index is 0.0419. The molecule has 3 N–H and O–H groups in total. The number of pyridine rings is 1. The lowest BCUT2D eigenvalue weighted by Gasteiger charge is -2.38. The molecule has 2 aromatic rings. The average molecular weight is 852 g/mol. The van der Waals surface area contributed by atoms with Crippen LogP contribution in [-0.2, 0) is 29.1 Å². The van der Waals surface area contributed by atoms with Gasteiger partial charge in [0.15, 0.2) is 0 Å². The number of halogens is 4. The lowest BCUT2D eigenvalue weighted by molar-refractivity contribution is -0.244. The normalized spacial score (nSPS) is 30.0. The molecule has 0 bridgehead atoms.